The molecule has 0 saturated heterocycles. The highest BCUT2D eigenvalue weighted by atomic mass is 35.5. The van der Waals surface area contributed by atoms with E-state index in [9.17, 15) is 0 Å². The van der Waals surface area contributed by atoms with Gasteiger partial charge in [0, 0.05) is 23.3 Å². The van der Waals surface area contributed by atoms with Crippen LogP contribution in [0.25, 0.3) is 0 Å². The second-order valence-corrected chi connectivity index (χ2v) is 5.61. The predicted octanol–water partition coefficient (Wildman–Crippen LogP) is 3.70. The molecular weight excluding hydrogens is 270 g/mol. The van der Waals surface area contributed by atoms with E-state index in [1.54, 1.807) is 0 Å². The Morgan fingerprint density at radius 1 is 1.30 bits per heavy atom. The fourth-order valence-corrected chi connectivity index (χ4v) is 2.78. The van der Waals surface area contributed by atoms with Crippen LogP contribution in [0.1, 0.15) is 41.0 Å². The Bertz CT molecular complexity index is 616. The van der Waals surface area contributed by atoms with Gasteiger partial charge in [0.2, 0.25) is 0 Å². The molecule has 0 spiro atoms. The molecule has 20 heavy (non-hydrogen) atoms. The highest BCUT2D eigenvalue weighted by Crippen LogP contribution is 2.29. The number of hydrogen-bond acceptors (Lipinski definition) is 2. The molecule has 4 heteroatoms. The van der Waals surface area contributed by atoms with E-state index < -0.39 is 0 Å². The molecule has 1 unspecified atom stereocenters. The summed E-state index contributed by atoms with van der Waals surface area (Å²) in [5, 5.41) is 8.88. The van der Waals surface area contributed by atoms with E-state index in [4.69, 9.17) is 11.6 Å². The smallest absolute Gasteiger partial charge is 0.0647 e. The molecule has 1 aromatic heterocycles. The Kier molecular flexibility index (Phi) is 4.51. The molecule has 0 aliphatic heterocycles. The van der Waals surface area contributed by atoms with Crippen LogP contribution >= 0.6 is 11.6 Å². The first-order valence-corrected chi connectivity index (χ1v) is 7.33. The van der Waals surface area contributed by atoms with Crippen LogP contribution in [-0.2, 0) is 7.05 Å². The van der Waals surface area contributed by atoms with Gasteiger partial charge in [-0.1, -0.05) is 30.7 Å². The molecule has 1 heterocycles. The summed E-state index contributed by atoms with van der Waals surface area (Å²) < 4.78 is 1.94. The van der Waals surface area contributed by atoms with E-state index >= 15 is 0 Å². The number of aromatic nitrogens is 2. The number of aryl methyl sites for hydroxylation is 3. The number of hydrogen-bond donors (Lipinski definition) is 1. The van der Waals surface area contributed by atoms with Gasteiger partial charge in [-0.3, -0.25) is 4.68 Å². The lowest BCUT2D eigenvalue weighted by molar-refractivity contribution is 0.623. The second-order valence-electron chi connectivity index (χ2n) is 5.21. The minimum atomic E-state index is 0.131. The molecule has 0 bridgehead atoms. The zero-order valence-corrected chi connectivity index (χ0v) is 13.5. The number of halogens is 1. The molecule has 0 aliphatic carbocycles. The zero-order chi connectivity index (χ0) is 14.9. The van der Waals surface area contributed by atoms with Crippen LogP contribution in [0.3, 0.4) is 0 Å². The van der Waals surface area contributed by atoms with Gasteiger partial charge < -0.3 is 5.32 Å². The monoisotopic (exact) mass is 291 g/mol. The minimum Gasteiger partial charge on any atom is -0.306 e. The maximum absolute atomic E-state index is 6.28. The van der Waals surface area contributed by atoms with Gasteiger partial charge in [-0.15, -0.1) is 0 Å². The summed E-state index contributed by atoms with van der Waals surface area (Å²) in [5.41, 5.74) is 5.78. The summed E-state index contributed by atoms with van der Waals surface area (Å²) in [6.45, 7) is 9.20. The third-order valence-electron chi connectivity index (χ3n) is 3.79. The Morgan fingerprint density at radius 3 is 2.50 bits per heavy atom. The van der Waals surface area contributed by atoms with Gasteiger partial charge in [0.1, 0.15) is 0 Å². The standard InChI is InChI=1S/C16H22ClN3/c1-6-18-16(13-8-7-10(2)14(17)9-13)15-11(3)19-20(5)12(15)4/h7-9,16,18H,6H2,1-5H3. The SMILES string of the molecule is CCNC(c1ccc(C)c(Cl)c1)c1c(C)nn(C)c1C. The third-order valence-corrected chi connectivity index (χ3v) is 4.20. The molecule has 2 rings (SSSR count). The second kappa shape index (κ2) is 5.98. The highest BCUT2D eigenvalue weighted by molar-refractivity contribution is 6.31. The van der Waals surface area contributed by atoms with Crippen LogP contribution < -0.4 is 5.32 Å². The number of nitrogens with zero attached hydrogens (tertiary/aromatic N) is 2. The van der Waals surface area contributed by atoms with Crippen LogP contribution in [0.5, 0.6) is 0 Å². The number of nitrogens with one attached hydrogen (secondary N) is 1. The van der Waals surface area contributed by atoms with Crippen molar-refractivity contribution in [3.8, 4) is 0 Å². The Labute approximate surface area is 126 Å². The lowest BCUT2D eigenvalue weighted by atomic mass is 9.96. The van der Waals surface area contributed by atoms with Gasteiger partial charge >= 0.3 is 0 Å². The molecule has 0 saturated carbocycles. The van der Waals surface area contributed by atoms with E-state index in [-0.39, 0.29) is 6.04 Å². The van der Waals surface area contributed by atoms with Crippen LogP contribution in [-0.4, -0.2) is 16.3 Å². The molecule has 2 aromatic rings. The Balaban J connectivity index is 2.53. The van der Waals surface area contributed by atoms with Crippen molar-refractivity contribution < 1.29 is 0 Å². The minimum absolute atomic E-state index is 0.131. The summed E-state index contributed by atoms with van der Waals surface area (Å²) >= 11 is 6.28. The predicted molar refractivity (Wildman–Crippen MR) is 84.4 cm³/mol. The molecule has 1 aromatic carbocycles. The largest absolute Gasteiger partial charge is 0.306 e. The summed E-state index contributed by atoms with van der Waals surface area (Å²) in [7, 11) is 1.98. The Morgan fingerprint density at radius 2 is 2.00 bits per heavy atom. The van der Waals surface area contributed by atoms with Crippen LogP contribution in [0.15, 0.2) is 18.2 Å². The van der Waals surface area contributed by atoms with E-state index in [0.717, 1.165) is 22.8 Å². The number of rotatable bonds is 4. The third kappa shape index (κ3) is 2.74. The van der Waals surface area contributed by atoms with Gasteiger partial charge in [-0.05, 0) is 44.5 Å². The molecule has 1 N–H and O–H groups in total. The lowest BCUT2D eigenvalue weighted by Gasteiger charge is -2.20. The normalized spacial score (nSPS) is 12.7. The Hall–Kier alpha value is -1.32. The van der Waals surface area contributed by atoms with Crippen LogP contribution in [0.2, 0.25) is 5.02 Å². The van der Waals surface area contributed by atoms with Crippen molar-refractivity contribution in [1.29, 1.82) is 0 Å². The van der Waals surface area contributed by atoms with Gasteiger partial charge in [-0.2, -0.15) is 5.10 Å². The van der Waals surface area contributed by atoms with E-state index in [0.29, 0.717) is 0 Å². The maximum Gasteiger partial charge on any atom is 0.0647 e. The average Bonchev–Trinajstić information content (AvgIpc) is 2.65. The van der Waals surface area contributed by atoms with Crippen molar-refractivity contribution in [3.63, 3.8) is 0 Å². The van der Waals surface area contributed by atoms with E-state index in [2.05, 4.69) is 49.4 Å². The van der Waals surface area contributed by atoms with Crippen LogP contribution in [0, 0.1) is 20.8 Å². The quantitative estimate of drug-likeness (QED) is 0.931. The average molecular weight is 292 g/mol. The fraction of sp³-hybridized carbons (Fsp3) is 0.438. The van der Waals surface area contributed by atoms with Crippen molar-refractivity contribution in [3.05, 3.63) is 51.3 Å². The van der Waals surface area contributed by atoms with Crippen molar-refractivity contribution in [1.82, 2.24) is 15.1 Å². The topological polar surface area (TPSA) is 29.9 Å². The van der Waals surface area contributed by atoms with E-state index in [1.165, 1.54) is 16.8 Å². The first kappa shape index (κ1) is 15.1. The maximum atomic E-state index is 6.28. The summed E-state index contributed by atoms with van der Waals surface area (Å²) in [5.74, 6) is 0. The van der Waals surface area contributed by atoms with Crippen molar-refractivity contribution in [2.75, 3.05) is 6.54 Å². The molecule has 3 nitrogen and oxygen atoms in total. The van der Waals surface area contributed by atoms with Gasteiger partial charge in [0.25, 0.3) is 0 Å². The lowest BCUT2D eigenvalue weighted by Crippen LogP contribution is -2.23. The summed E-state index contributed by atoms with van der Waals surface area (Å²) in [6.07, 6.45) is 0. The number of benzene rings is 1. The van der Waals surface area contributed by atoms with Gasteiger partial charge in [0.15, 0.2) is 0 Å². The van der Waals surface area contributed by atoms with Gasteiger partial charge in [-0.25, -0.2) is 0 Å². The van der Waals surface area contributed by atoms with Crippen LogP contribution in [0.4, 0.5) is 0 Å². The van der Waals surface area contributed by atoms with Crippen molar-refractivity contribution in [2.45, 2.75) is 33.7 Å². The molecule has 0 fully saturated rings. The zero-order valence-electron chi connectivity index (χ0n) is 12.8. The molecule has 0 radical (unpaired) electrons. The molecule has 1 atom stereocenters. The van der Waals surface area contributed by atoms with E-state index in [1.807, 2.05) is 18.7 Å². The fourth-order valence-electron chi connectivity index (χ4n) is 2.59. The van der Waals surface area contributed by atoms with Gasteiger partial charge in [0.05, 0.1) is 11.7 Å². The first-order chi connectivity index (χ1) is 9.45. The molecular formula is C16H22ClN3. The highest BCUT2D eigenvalue weighted by Gasteiger charge is 2.21. The summed E-state index contributed by atoms with van der Waals surface area (Å²) in [4.78, 5) is 0. The first-order valence-electron chi connectivity index (χ1n) is 6.95. The summed E-state index contributed by atoms with van der Waals surface area (Å²) in [6, 6.07) is 6.39. The molecule has 0 amide bonds. The van der Waals surface area contributed by atoms with Crippen molar-refractivity contribution in [2.24, 2.45) is 7.05 Å². The molecule has 0 aliphatic rings. The van der Waals surface area contributed by atoms with Crippen molar-refractivity contribution >= 4 is 11.6 Å². The molecule has 108 valence electrons.